The van der Waals surface area contributed by atoms with E-state index in [4.69, 9.17) is 7.74 Å². The summed E-state index contributed by atoms with van der Waals surface area (Å²) in [6.45, 7) is 10.5. The molecule has 0 saturated carbocycles. The number of hydrogen-bond donors (Lipinski definition) is 0. The Morgan fingerprint density at radius 2 is 1.44 bits per heavy atom. The fourth-order valence-corrected chi connectivity index (χ4v) is 0.393. The van der Waals surface area contributed by atoms with Gasteiger partial charge in [0.1, 0.15) is 0 Å². The molecule has 0 spiro atoms. The molecule has 0 saturated heterocycles. The average molecular weight is 119 g/mol. The molecule has 0 aliphatic carbocycles. The monoisotopic (exact) mass is 120 g/mol. The predicted molar refractivity (Wildman–Crippen MR) is 53.6 cm³/mol. The van der Waals surface area contributed by atoms with Gasteiger partial charge in [-0.25, -0.2) is 0 Å². The van der Waals surface area contributed by atoms with Gasteiger partial charge in [-0.1, -0.05) is 0 Å². The van der Waals surface area contributed by atoms with E-state index in [2.05, 4.69) is 12.1 Å². The maximum atomic E-state index is 5.06. The van der Waals surface area contributed by atoms with Crippen molar-refractivity contribution >= 4 is 66.0 Å². The summed E-state index contributed by atoms with van der Waals surface area (Å²) < 4.78 is 0. The van der Waals surface area contributed by atoms with E-state index >= 15 is 0 Å². The van der Waals surface area contributed by atoms with Gasteiger partial charge >= 0.3 is 66.0 Å². The Labute approximate surface area is 66.3 Å². The van der Waals surface area contributed by atoms with E-state index in [1.54, 1.807) is 19.4 Å². The van der Waals surface area contributed by atoms with Crippen LogP contribution in [0.1, 0.15) is 0 Å². The van der Waals surface area contributed by atoms with Crippen molar-refractivity contribution in [1.82, 2.24) is 0 Å². The first-order chi connectivity index (χ1) is 4.41. The van der Waals surface area contributed by atoms with Crippen LogP contribution in [-0.4, -0.2) is 53.9 Å². The molecular formula is B8S. The van der Waals surface area contributed by atoms with Crippen LogP contribution in [0.5, 0.6) is 0 Å². The van der Waals surface area contributed by atoms with Crippen molar-refractivity contribution in [3.8, 4) is 0 Å². The molecule has 0 aromatic carbocycles. The van der Waals surface area contributed by atoms with Gasteiger partial charge in [0.15, 0.2) is 0 Å². The first-order valence-corrected chi connectivity index (χ1v) is 3.04. The fraction of sp³-hybridized carbons (Fsp3) is 0. The molecule has 2 radical (unpaired) electrons. The normalized spacial score (nSPS) is 6.22. The molecule has 0 N–H and O–H groups in total. The average Bonchev–Trinajstić information content (AvgIpc) is 1.89. The quantitative estimate of drug-likeness (QED) is 0.373. The van der Waals surface area contributed by atoms with Crippen molar-refractivity contribution in [3.05, 3.63) is 0 Å². The minimum atomic E-state index is 1.47. The van der Waals surface area contributed by atoms with Gasteiger partial charge in [-0.15, -0.1) is 0 Å². The van der Waals surface area contributed by atoms with Crippen LogP contribution in [0, 0.1) is 0 Å². The van der Waals surface area contributed by atoms with E-state index in [1.165, 1.54) is 6.69 Å². The van der Waals surface area contributed by atoms with E-state index in [9.17, 15) is 0 Å². The van der Waals surface area contributed by atoms with Crippen LogP contribution in [-0.2, 0) is 0 Å². The standard InChI is InChI=1S/B8S/c1-2-3-4-5-6-7-8-9. The van der Waals surface area contributed by atoms with Crippen LogP contribution in [0.2, 0.25) is 0 Å². The minimum absolute atomic E-state index is 1.47. The van der Waals surface area contributed by atoms with Gasteiger partial charge in [0, 0.05) is 0 Å². The van der Waals surface area contributed by atoms with Crippen molar-refractivity contribution in [2.45, 2.75) is 0 Å². The van der Waals surface area contributed by atoms with Crippen molar-refractivity contribution in [1.29, 1.82) is 0 Å². The van der Waals surface area contributed by atoms with E-state index in [0.29, 0.717) is 0 Å². The third kappa shape index (κ3) is 8.74. The van der Waals surface area contributed by atoms with Gasteiger partial charge in [0.05, 0.1) is 0 Å². The van der Waals surface area contributed by atoms with Crippen molar-refractivity contribution in [3.63, 3.8) is 0 Å². The van der Waals surface area contributed by atoms with Crippen LogP contribution >= 0.6 is 12.1 Å². The Morgan fingerprint density at radius 1 is 0.889 bits per heavy atom. The molecule has 0 nitrogen and oxygen atoms in total. The summed E-state index contributed by atoms with van der Waals surface area (Å²) in [5.41, 5.74) is 0. The molecule has 0 rings (SSSR count). The molecule has 0 amide bonds. The van der Waals surface area contributed by atoms with Crippen LogP contribution in [0.25, 0.3) is 0 Å². The number of rotatable bonds is 3. The second-order valence-electron chi connectivity index (χ2n) is 1.29. The zero-order chi connectivity index (χ0) is 6.95. The Morgan fingerprint density at radius 3 is 2.00 bits per heavy atom. The third-order valence-corrected chi connectivity index (χ3v) is 0.791. The molecular weight excluding hydrogens is 119 g/mol. The Hall–Kier alpha value is 0.739. The van der Waals surface area contributed by atoms with Crippen LogP contribution in [0.15, 0.2) is 0 Å². The second-order valence-corrected chi connectivity index (χ2v) is 1.56. The van der Waals surface area contributed by atoms with Gasteiger partial charge in [0.2, 0.25) is 0 Å². The van der Waals surface area contributed by atoms with Gasteiger partial charge in [-0.05, 0) is 0 Å². The van der Waals surface area contributed by atoms with Crippen LogP contribution in [0.3, 0.4) is 0 Å². The summed E-state index contributed by atoms with van der Waals surface area (Å²) >= 11 is 4.54. The zero-order valence-electron chi connectivity index (χ0n) is 5.03. The summed E-state index contributed by atoms with van der Waals surface area (Å²) in [5.74, 6) is 0. The van der Waals surface area contributed by atoms with Crippen LogP contribution in [0.4, 0.5) is 0 Å². The molecule has 0 heterocycles. The van der Waals surface area contributed by atoms with E-state index in [1.807, 2.05) is 20.1 Å². The Bertz CT molecular complexity index is 141. The summed E-state index contributed by atoms with van der Waals surface area (Å²) in [4.78, 5) is 0. The van der Waals surface area contributed by atoms with Gasteiger partial charge in [-0.2, -0.15) is 0 Å². The SMILES string of the molecule is [B]B=BB=BB=BB=S. The van der Waals surface area contributed by atoms with Gasteiger partial charge in [-0.3, -0.25) is 0 Å². The molecule has 9 heavy (non-hydrogen) atoms. The van der Waals surface area contributed by atoms with Crippen LogP contribution < -0.4 is 0 Å². The van der Waals surface area contributed by atoms with Gasteiger partial charge in [0.25, 0.3) is 0 Å². The summed E-state index contributed by atoms with van der Waals surface area (Å²) in [6.07, 6.45) is 0. The molecule has 30 valence electrons. The summed E-state index contributed by atoms with van der Waals surface area (Å²) in [7, 11) is 5.06. The van der Waals surface area contributed by atoms with E-state index in [-0.39, 0.29) is 0 Å². The Balaban J connectivity index is 3.46. The topological polar surface area (TPSA) is 0 Å². The predicted octanol–water partition coefficient (Wildman–Crippen LogP) is -2.40. The van der Waals surface area contributed by atoms with Crippen molar-refractivity contribution in [2.75, 3.05) is 0 Å². The molecule has 0 aromatic heterocycles. The van der Waals surface area contributed by atoms with Crippen molar-refractivity contribution < 1.29 is 0 Å². The van der Waals surface area contributed by atoms with E-state index < -0.39 is 0 Å². The van der Waals surface area contributed by atoms with Crippen molar-refractivity contribution in [2.24, 2.45) is 0 Å². The Kier molecular flexibility index (Phi) is 9.46. The number of hydrogen-bond acceptors (Lipinski definition) is 1. The molecule has 0 aliphatic heterocycles. The molecule has 0 aromatic rings. The first-order valence-electron chi connectivity index (χ1n) is 2.57. The third-order valence-electron chi connectivity index (χ3n) is 0.634. The van der Waals surface area contributed by atoms with E-state index in [0.717, 1.165) is 0 Å². The summed E-state index contributed by atoms with van der Waals surface area (Å²) in [5, 5.41) is 0. The second kappa shape index (κ2) is 8.74. The molecule has 0 aliphatic rings. The molecule has 9 heteroatoms. The molecule has 0 bridgehead atoms. The maximum absolute atomic E-state index is 5.06. The molecule has 0 atom stereocenters. The van der Waals surface area contributed by atoms with Gasteiger partial charge < -0.3 is 0 Å². The zero-order valence-corrected chi connectivity index (χ0v) is 5.84. The molecule has 0 unspecified atom stereocenters. The summed E-state index contributed by atoms with van der Waals surface area (Å²) in [6, 6.07) is 1.55. The molecule has 0 fully saturated rings. The fourth-order valence-electron chi connectivity index (χ4n) is 0.302. The first kappa shape index (κ1) is 9.74.